The number of hydrogen-bond acceptors (Lipinski definition) is 3. The Labute approximate surface area is 122 Å². The fourth-order valence-electron chi connectivity index (χ4n) is 2.45. The van der Waals surface area contributed by atoms with Gasteiger partial charge in [-0.3, -0.25) is 0 Å². The number of benzene rings is 1. The van der Waals surface area contributed by atoms with Gasteiger partial charge < -0.3 is 10.4 Å². The molecule has 2 N–H and O–H groups in total. The van der Waals surface area contributed by atoms with Gasteiger partial charge in [0.2, 0.25) is 0 Å². The van der Waals surface area contributed by atoms with Crippen molar-refractivity contribution in [2.75, 3.05) is 5.32 Å². The number of carboxylic acid groups (broad SMARTS) is 1. The van der Waals surface area contributed by atoms with Crippen LogP contribution >= 0.6 is 11.3 Å². The first-order chi connectivity index (χ1) is 9.65. The highest BCUT2D eigenvalue weighted by atomic mass is 32.1. The fraction of sp³-hybridized carbons (Fsp3) is 0.312. The van der Waals surface area contributed by atoms with Gasteiger partial charge in [0.1, 0.15) is 0 Å². The number of rotatable bonds is 5. The number of hydrogen-bond donors (Lipinski definition) is 2. The summed E-state index contributed by atoms with van der Waals surface area (Å²) in [6.45, 7) is 1.95. The summed E-state index contributed by atoms with van der Waals surface area (Å²) in [6.07, 6.45) is 2.53. The Morgan fingerprint density at radius 2 is 2.20 bits per heavy atom. The molecule has 0 amide bonds. The summed E-state index contributed by atoms with van der Waals surface area (Å²) in [5.74, 6) is -0.177. The minimum Gasteiger partial charge on any atom is -0.478 e. The Kier molecular flexibility index (Phi) is 3.49. The Bertz CT molecular complexity index is 617. The second-order valence-electron chi connectivity index (χ2n) is 5.31. The molecule has 1 heterocycles. The lowest BCUT2D eigenvalue weighted by atomic mass is 10.1. The molecular formula is C16H17NO2S. The van der Waals surface area contributed by atoms with E-state index in [1.165, 1.54) is 17.7 Å². The molecule has 1 aromatic heterocycles. The monoisotopic (exact) mass is 287 g/mol. The van der Waals surface area contributed by atoms with E-state index >= 15 is 0 Å². The molecule has 3 nitrogen and oxygen atoms in total. The van der Waals surface area contributed by atoms with Gasteiger partial charge in [0.15, 0.2) is 0 Å². The Morgan fingerprint density at radius 3 is 2.75 bits per heavy atom. The van der Waals surface area contributed by atoms with Crippen molar-refractivity contribution < 1.29 is 9.90 Å². The van der Waals surface area contributed by atoms with Crippen LogP contribution in [0.3, 0.4) is 0 Å². The van der Waals surface area contributed by atoms with Crippen molar-refractivity contribution in [3.8, 4) is 0 Å². The smallest absolute Gasteiger partial charge is 0.335 e. The predicted molar refractivity (Wildman–Crippen MR) is 81.5 cm³/mol. The maximum absolute atomic E-state index is 11.0. The average molecular weight is 287 g/mol. The first-order valence-electron chi connectivity index (χ1n) is 6.79. The summed E-state index contributed by atoms with van der Waals surface area (Å²) >= 11 is 1.78. The van der Waals surface area contributed by atoms with Crippen LogP contribution in [0, 0.1) is 12.8 Å². The lowest BCUT2D eigenvalue weighted by molar-refractivity contribution is 0.0697. The van der Waals surface area contributed by atoms with E-state index in [0.717, 1.165) is 11.3 Å². The van der Waals surface area contributed by atoms with Gasteiger partial charge >= 0.3 is 5.97 Å². The standard InChI is InChI=1S/C16H17NO2S/c1-10-9-12(16(18)19)6-7-13(10)17-15(11-4-5-11)14-3-2-8-20-14/h2-3,6-9,11,15,17H,4-5H2,1H3,(H,18,19). The van der Waals surface area contributed by atoms with Crippen molar-refractivity contribution in [2.24, 2.45) is 5.92 Å². The largest absolute Gasteiger partial charge is 0.478 e. The van der Waals surface area contributed by atoms with Gasteiger partial charge in [-0.1, -0.05) is 6.07 Å². The van der Waals surface area contributed by atoms with Crippen LogP contribution in [-0.4, -0.2) is 11.1 Å². The summed E-state index contributed by atoms with van der Waals surface area (Å²) in [4.78, 5) is 12.3. The number of aryl methyl sites for hydroxylation is 1. The molecule has 4 heteroatoms. The van der Waals surface area contributed by atoms with E-state index in [4.69, 9.17) is 5.11 Å². The third kappa shape index (κ3) is 2.70. The molecule has 0 spiro atoms. The maximum atomic E-state index is 11.0. The number of carbonyl (C=O) groups is 1. The predicted octanol–water partition coefficient (Wildman–Crippen LogP) is 4.32. The highest BCUT2D eigenvalue weighted by Gasteiger charge is 2.33. The van der Waals surface area contributed by atoms with Crippen molar-refractivity contribution in [1.82, 2.24) is 0 Å². The topological polar surface area (TPSA) is 49.3 Å². The molecule has 1 fully saturated rings. The van der Waals surface area contributed by atoms with Gasteiger partial charge in [-0.05, 0) is 60.9 Å². The van der Waals surface area contributed by atoms with Gasteiger partial charge in [-0.15, -0.1) is 11.3 Å². The maximum Gasteiger partial charge on any atom is 0.335 e. The number of carboxylic acids is 1. The zero-order valence-corrected chi connectivity index (χ0v) is 12.1. The molecule has 20 heavy (non-hydrogen) atoms. The van der Waals surface area contributed by atoms with E-state index in [9.17, 15) is 4.79 Å². The van der Waals surface area contributed by atoms with Crippen LogP contribution in [0.25, 0.3) is 0 Å². The average Bonchev–Trinajstić information content (AvgIpc) is 3.11. The molecule has 0 saturated heterocycles. The minimum absolute atomic E-state index is 0.340. The van der Waals surface area contributed by atoms with Crippen molar-refractivity contribution in [1.29, 1.82) is 0 Å². The van der Waals surface area contributed by atoms with E-state index in [-0.39, 0.29) is 0 Å². The Hall–Kier alpha value is -1.81. The zero-order chi connectivity index (χ0) is 14.1. The highest BCUT2D eigenvalue weighted by molar-refractivity contribution is 7.10. The molecule has 0 bridgehead atoms. The summed E-state index contributed by atoms with van der Waals surface area (Å²) in [5, 5.41) is 14.7. The quantitative estimate of drug-likeness (QED) is 0.861. The molecule has 1 atom stereocenters. The first-order valence-corrected chi connectivity index (χ1v) is 7.67. The van der Waals surface area contributed by atoms with Crippen molar-refractivity contribution in [2.45, 2.75) is 25.8 Å². The number of thiophene rings is 1. The molecular weight excluding hydrogens is 270 g/mol. The number of aromatic carboxylic acids is 1. The molecule has 3 rings (SSSR count). The minimum atomic E-state index is -0.878. The molecule has 1 aliphatic rings. The molecule has 1 unspecified atom stereocenters. The molecule has 104 valence electrons. The van der Waals surface area contributed by atoms with Crippen LogP contribution in [0.1, 0.15) is 39.7 Å². The van der Waals surface area contributed by atoms with E-state index in [1.807, 2.05) is 13.0 Å². The summed E-state index contributed by atoms with van der Waals surface area (Å²) in [6, 6.07) is 9.87. The second kappa shape index (κ2) is 5.29. The SMILES string of the molecule is Cc1cc(C(=O)O)ccc1NC(c1cccs1)C1CC1. The van der Waals surface area contributed by atoms with Crippen molar-refractivity contribution in [3.63, 3.8) is 0 Å². The molecule has 0 radical (unpaired) electrons. The molecule has 1 aromatic carbocycles. The second-order valence-corrected chi connectivity index (χ2v) is 6.29. The summed E-state index contributed by atoms with van der Waals surface area (Å²) in [5.41, 5.74) is 2.35. The Morgan fingerprint density at radius 1 is 1.40 bits per heavy atom. The van der Waals surface area contributed by atoms with Crippen LogP contribution in [0.15, 0.2) is 35.7 Å². The highest BCUT2D eigenvalue weighted by Crippen LogP contribution is 2.44. The fourth-order valence-corrected chi connectivity index (χ4v) is 3.31. The Balaban J connectivity index is 1.84. The third-order valence-electron chi connectivity index (χ3n) is 3.73. The van der Waals surface area contributed by atoms with Gasteiger partial charge in [-0.25, -0.2) is 4.79 Å². The summed E-state index contributed by atoms with van der Waals surface area (Å²) < 4.78 is 0. The van der Waals surface area contributed by atoms with E-state index in [2.05, 4.69) is 22.8 Å². The van der Waals surface area contributed by atoms with Crippen LogP contribution in [0.2, 0.25) is 0 Å². The number of anilines is 1. The molecule has 0 aliphatic heterocycles. The number of nitrogens with one attached hydrogen (secondary N) is 1. The van der Waals surface area contributed by atoms with Crippen molar-refractivity contribution in [3.05, 3.63) is 51.7 Å². The zero-order valence-electron chi connectivity index (χ0n) is 11.3. The molecule has 2 aromatic rings. The van der Waals surface area contributed by atoms with Crippen LogP contribution in [0.5, 0.6) is 0 Å². The molecule has 1 aliphatic carbocycles. The van der Waals surface area contributed by atoms with Gasteiger partial charge in [-0.2, -0.15) is 0 Å². The van der Waals surface area contributed by atoms with Gasteiger partial charge in [0.25, 0.3) is 0 Å². The van der Waals surface area contributed by atoms with E-state index in [1.54, 1.807) is 23.5 Å². The molecule has 1 saturated carbocycles. The van der Waals surface area contributed by atoms with Crippen LogP contribution in [0.4, 0.5) is 5.69 Å². The van der Waals surface area contributed by atoms with Crippen molar-refractivity contribution >= 4 is 23.0 Å². The first kappa shape index (κ1) is 13.2. The van der Waals surface area contributed by atoms with Crippen LogP contribution < -0.4 is 5.32 Å². The van der Waals surface area contributed by atoms with E-state index < -0.39 is 5.97 Å². The van der Waals surface area contributed by atoms with Crippen LogP contribution in [-0.2, 0) is 0 Å². The van der Waals surface area contributed by atoms with Gasteiger partial charge in [0, 0.05) is 10.6 Å². The third-order valence-corrected chi connectivity index (χ3v) is 4.68. The lowest BCUT2D eigenvalue weighted by Crippen LogP contribution is -2.12. The van der Waals surface area contributed by atoms with E-state index in [0.29, 0.717) is 17.5 Å². The summed E-state index contributed by atoms with van der Waals surface area (Å²) in [7, 11) is 0. The lowest BCUT2D eigenvalue weighted by Gasteiger charge is -2.20. The van der Waals surface area contributed by atoms with Gasteiger partial charge in [0.05, 0.1) is 11.6 Å². The normalized spacial score (nSPS) is 15.8.